The van der Waals surface area contributed by atoms with Crippen LogP contribution in [-0.4, -0.2) is 30.4 Å². The molecule has 2 rings (SSSR count). The third-order valence-electron chi connectivity index (χ3n) is 4.65. The van der Waals surface area contributed by atoms with E-state index in [1.54, 1.807) is 12.1 Å². The topological polar surface area (TPSA) is 32.3 Å². The molecular formula is C22H23Cl2F3N2O. The van der Waals surface area contributed by atoms with Crippen molar-refractivity contribution < 1.29 is 18.0 Å². The Morgan fingerprint density at radius 1 is 1.07 bits per heavy atom. The fourth-order valence-corrected chi connectivity index (χ4v) is 3.35. The molecular weight excluding hydrogens is 436 g/mol. The number of hydrogen-bond acceptors (Lipinski definition) is 2. The summed E-state index contributed by atoms with van der Waals surface area (Å²) >= 11 is 12.2. The van der Waals surface area contributed by atoms with Gasteiger partial charge in [0.2, 0.25) is 5.91 Å². The van der Waals surface area contributed by atoms with E-state index in [0.29, 0.717) is 16.3 Å². The zero-order valence-electron chi connectivity index (χ0n) is 16.7. The molecule has 0 saturated carbocycles. The lowest BCUT2D eigenvalue weighted by molar-refractivity contribution is -0.137. The predicted molar refractivity (Wildman–Crippen MR) is 117 cm³/mol. The second kappa shape index (κ2) is 10.8. The molecule has 2 aromatic rings. The molecule has 2 aromatic carbocycles. The van der Waals surface area contributed by atoms with Crippen LogP contribution in [0.15, 0.2) is 42.5 Å². The van der Waals surface area contributed by atoms with Crippen LogP contribution >= 0.6 is 23.2 Å². The summed E-state index contributed by atoms with van der Waals surface area (Å²) in [7, 11) is 0. The lowest BCUT2D eigenvalue weighted by Gasteiger charge is -2.18. The summed E-state index contributed by atoms with van der Waals surface area (Å²) in [5.41, 5.74) is 0.989. The number of carbonyl (C=O) groups is 1. The van der Waals surface area contributed by atoms with Gasteiger partial charge in [-0.25, -0.2) is 0 Å². The van der Waals surface area contributed by atoms with Crippen LogP contribution < -0.4 is 5.32 Å². The molecule has 0 aromatic heterocycles. The monoisotopic (exact) mass is 458 g/mol. The Hall–Kier alpha value is -2.02. The van der Waals surface area contributed by atoms with E-state index < -0.39 is 17.6 Å². The molecule has 162 valence electrons. The number of nitrogens with one attached hydrogen (secondary N) is 1. The minimum atomic E-state index is -4.47. The van der Waals surface area contributed by atoms with E-state index >= 15 is 0 Å². The first kappa shape index (κ1) is 24.3. The van der Waals surface area contributed by atoms with Gasteiger partial charge in [0.05, 0.1) is 5.56 Å². The normalized spacial score (nSPS) is 12.0. The zero-order chi connectivity index (χ0) is 22.3. The maximum absolute atomic E-state index is 12.7. The van der Waals surface area contributed by atoms with E-state index in [4.69, 9.17) is 23.2 Å². The van der Waals surface area contributed by atoms with Crippen molar-refractivity contribution in [3.8, 4) is 0 Å². The summed E-state index contributed by atoms with van der Waals surface area (Å²) in [6.07, 6.45) is -1.10. The fourth-order valence-electron chi connectivity index (χ4n) is 2.83. The van der Waals surface area contributed by atoms with Gasteiger partial charge in [-0.15, -0.1) is 0 Å². The van der Waals surface area contributed by atoms with E-state index in [1.165, 1.54) is 18.2 Å². The van der Waals surface area contributed by atoms with Crippen LogP contribution in [0.2, 0.25) is 10.0 Å². The number of likely N-dealkylation sites (N-methyl/N-ethyl adjacent to an activating group) is 1. The van der Waals surface area contributed by atoms with Crippen LogP contribution in [0.3, 0.4) is 0 Å². The van der Waals surface area contributed by atoms with Crippen molar-refractivity contribution in [3.05, 3.63) is 69.2 Å². The van der Waals surface area contributed by atoms with Crippen molar-refractivity contribution in [2.75, 3.05) is 25.0 Å². The van der Waals surface area contributed by atoms with Gasteiger partial charge >= 0.3 is 6.18 Å². The largest absolute Gasteiger partial charge is 0.416 e. The first-order valence-electron chi connectivity index (χ1n) is 9.50. The lowest BCUT2D eigenvalue weighted by Crippen LogP contribution is -2.25. The summed E-state index contributed by atoms with van der Waals surface area (Å²) in [5.74, 6) is -0.446. The number of rotatable bonds is 8. The van der Waals surface area contributed by atoms with Crippen molar-refractivity contribution in [1.29, 1.82) is 0 Å². The highest BCUT2D eigenvalue weighted by molar-refractivity contribution is 6.32. The van der Waals surface area contributed by atoms with Crippen molar-refractivity contribution in [2.45, 2.75) is 26.4 Å². The molecule has 0 spiro atoms. The van der Waals surface area contributed by atoms with Crippen molar-refractivity contribution in [2.24, 2.45) is 0 Å². The predicted octanol–water partition coefficient (Wildman–Crippen LogP) is 6.55. The smallest absolute Gasteiger partial charge is 0.322 e. The molecule has 0 aliphatic heterocycles. The van der Waals surface area contributed by atoms with Gasteiger partial charge in [-0.3, -0.25) is 4.79 Å². The average molecular weight is 459 g/mol. The number of amides is 1. The van der Waals surface area contributed by atoms with Gasteiger partial charge in [0.15, 0.2) is 0 Å². The Labute approximate surface area is 184 Å². The third-order valence-corrected chi connectivity index (χ3v) is 5.33. The molecule has 30 heavy (non-hydrogen) atoms. The molecule has 0 unspecified atom stereocenters. The Morgan fingerprint density at radius 3 is 2.33 bits per heavy atom. The van der Waals surface area contributed by atoms with E-state index in [1.807, 2.05) is 6.07 Å². The highest BCUT2D eigenvalue weighted by Crippen LogP contribution is 2.32. The van der Waals surface area contributed by atoms with Gasteiger partial charge in [0, 0.05) is 28.4 Å². The maximum Gasteiger partial charge on any atom is 0.416 e. The van der Waals surface area contributed by atoms with Crippen LogP contribution in [0.1, 0.15) is 30.5 Å². The maximum atomic E-state index is 12.7. The summed E-state index contributed by atoms with van der Waals surface area (Å²) in [4.78, 5) is 14.4. The number of benzene rings is 2. The number of hydrogen-bond donors (Lipinski definition) is 1. The molecule has 0 radical (unpaired) electrons. The summed E-state index contributed by atoms with van der Waals surface area (Å²) < 4.78 is 38.1. The standard InChI is InChI=1S/C22H23Cl2F3N2O/c1-3-29(4-2)12-11-16-6-9-18(14-20(16)24)28-21(30)10-7-15-5-8-17(13-19(15)23)22(25,26)27/h5-10,13-14H,3-4,11-12H2,1-2H3,(H,28,30)/b10-7+. The number of halogens is 5. The second-order valence-corrected chi connectivity index (χ2v) is 7.45. The van der Waals surface area contributed by atoms with Gasteiger partial charge in [-0.2, -0.15) is 13.2 Å². The number of anilines is 1. The van der Waals surface area contributed by atoms with Crippen molar-refractivity contribution in [3.63, 3.8) is 0 Å². The Kier molecular flexibility index (Phi) is 8.77. The van der Waals surface area contributed by atoms with Gasteiger partial charge in [0.1, 0.15) is 0 Å². The van der Waals surface area contributed by atoms with E-state index in [2.05, 4.69) is 24.1 Å². The highest BCUT2D eigenvalue weighted by atomic mass is 35.5. The SMILES string of the molecule is CCN(CC)CCc1ccc(NC(=O)/C=C/c2ccc(C(F)(F)F)cc2Cl)cc1Cl. The van der Waals surface area contributed by atoms with Crippen molar-refractivity contribution >= 4 is 40.9 Å². The summed E-state index contributed by atoms with van der Waals surface area (Å²) in [6.45, 7) is 7.05. The average Bonchev–Trinajstić information content (AvgIpc) is 2.68. The van der Waals surface area contributed by atoms with Crippen LogP contribution in [0, 0.1) is 0 Å². The molecule has 8 heteroatoms. The minimum absolute atomic E-state index is 0.0884. The molecule has 0 aliphatic carbocycles. The Morgan fingerprint density at radius 2 is 1.77 bits per heavy atom. The number of alkyl halides is 3. The first-order chi connectivity index (χ1) is 14.1. The van der Waals surface area contributed by atoms with Crippen LogP contribution in [-0.2, 0) is 17.4 Å². The summed E-state index contributed by atoms with van der Waals surface area (Å²) in [5, 5.41) is 3.15. The number of carbonyl (C=O) groups excluding carboxylic acids is 1. The van der Waals surface area contributed by atoms with Gasteiger partial charge in [-0.05, 0) is 61.0 Å². The number of nitrogens with zero attached hydrogens (tertiary/aromatic N) is 1. The molecule has 1 amide bonds. The molecule has 0 atom stereocenters. The zero-order valence-corrected chi connectivity index (χ0v) is 18.2. The molecule has 1 N–H and O–H groups in total. The van der Waals surface area contributed by atoms with E-state index in [0.717, 1.165) is 43.8 Å². The Bertz CT molecular complexity index is 910. The van der Waals surface area contributed by atoms with E-state index in [9.17, 15) is 18.0 Å². The molecule has 3 nitrogen and oxygen atoms in total. The van der Waals surface area contributed by atoms with Crippen LogP contribution in [0.4, 0.5) is 18.9 Å². The Balaban J connectivity index is 2.00. The van der Waals surface area contributed by atoms with Gasteiger partial charge in [0.25, 0.3) is 0 Å². The first-order valence-corrected chi connectivity index (χ1v) is 10.3. The lowest BCUT2D eigenvalue weighted by atomic mass is 10.1. The van der Waals surface area contributed by atoms with Crippen molar-refractivity contribution in [1.82, 2.24) is 4.90 Å². The van der Waals surface area contributed by atoms with E-state index in [-0.39, 0.29) is 5.02 Å². The molecule has 0 saturated heterocycles. The molecule has 0 aliphatic rings. The van der Waals surface area contributed by atoms with Crippen LogP contribution in [0.25, 0.3) is 6.08 Å². The summed E-state index contributed by atoms with van der Waals surface area (Å²) in [6, 6.07) is 8.28. The van der Waals surface area contributed by atoms with Gasteiger partial charge < -0.3 is 10.2 Å². The molecule has 0 bridgehead atoms. The van der Waals surface area contributed by atoms with Crippen LogP contribution in [0.5, 0.6) is 0 Å². The molecule has 0 heterocycles. The minimum Gasteiger partial charge on any atom is -0.322 e. The van der Waals surface area contributed by atoms with Gasteiger partial charge in [-0.1, -0.05) is 49.2 Å². The fraction of sp³-hybridized carbons (Fsp3) is 0.318. The molecule has 0 fully saturated rings. The quantitative estimate of drug-likeness (QED) is 0.454. The third kappa shape index (κ3) is 7.04. The highest BCUT2D eigenvalue weighted by Gasteiger charge is 2.30. The second-order valence-electron chi connectivity index (χ2n) is 6.64.